The van der Waals surface area contributed by atoms with E-state index in [1.165, 1.54) is 10.4 Å². The molecule has 2 atom stereocenters. The third-order valence-electron chi connectivity index (χ3n) is 4.04. The fraction of sp³-hybridized carbons (Fsp3) is 0.733. The zero-order valence-corrected chi connectivity index (χ0v) is 12.9. The second-order valence-electron chi connectivity index (χ2n) is 6.47. The highest BCUT2D eigenvalue weighted by molar-refractivity contribution is 7.10. The Bertz CT molecular complexity index is 422. The van der Waals surface area contributed by atoms with E-state index in [0.29, 0.717) is 5.92 Å². The van der Waals surface area contributed by atoms with E-state index in [9.17, 15) is 0 Å². The molecule has 1 aliphatic heterocycles. The van der Waals surface area contributed by atoms with E-state index in [1.54, 1.807) is 11.3 Å². The Morgan fingerprint density at radius 3 is 2.61 bits per heavy atom. The molecule has 0 aliphatic carbocycles. The standard InChI is InChI=1S/C15H25NOS/c1-6-10-7-8-18-13(10)12(16)11-9-14(2,3)17-15(11,4)5/h7-8,11-12H,6,9,16H2,1-5H3. The predicted molar refractivity (Wildman–Crippen MR) is 78.0 cm³/mol. The number of nitrogens with two attached hydrogens (primary N) is 1. The topological polar surface area (TPSA) is 35.2 Å². The van der Waals surface area contributed by atoms with Gasteiger partial charge in [0, 0.05) is 16.8 Å². The van der Waals surface area contributed by atoms with Crippen molar-refractivity contribution < 1.29 is 4.74 Å². The van der Waals surface area contributed by atoms with Gasteiger partial charge in [0.25, 0.3) is 0 Å². The summed E-state index contributed by atoms with van der Waals surface area (Å²) >= 11 is 1.79. The van der Waals surface area contributed by atoms with Crippen LogP contribution in [0.2, 0.25) is 0 Å². The first-order chi connectivity index (χ1) is 8.27. The number of hydrogen-bond acceptors (Lipinski definition) is 3. The number of ether oxygens (including phenoxy) is 1. The third-order valence-corrected chi connectivity index (χ3v) is 5.10. The Labute approximate surface area is 115 Å². The maximum Gasteiger partial charge on any atom is 0.0681 e. The summed E-state index contributed by atoms with van der Waals surface area (Å²) in [5, 5.41) is 2.15. The molecule has 0 radical (unpaired) electrons. The third kappa shape index (κ3) is 2.49. The summed E-state index contributed by atoms with van der Waals surface area (Å²) in [6.07, 6.45) is 2.09. The van der Waals surface area contributed by atoms with Crippen molar-refractivity contribution in [3.8, 4) is 0 Å². The van der Waals surface area contributed by atoms with Gasteiger partial charge in [0.2, 0.25) is 0 Å². The van der Waals surface area contributed by atoms with Crippen LogP contribution in [0.4, 0.5) is 0 Å². The molecule has 1 fully saturated rings. The molecule has 0 bridgehead atoms. The van der Waals surface area contributed by atoms with Gasteiger partial charge in [-0.05, 0) is 57.5 Å². The minimum absolute atomic E-state index is 0.0601. The Morgan fingerprint density at radius 1 is 1.44 bits per heavy atom. The molecule has 1 aromatic heterocycles. The largest absolute Gasteiger partial charge is 0.369 e. The maximum atomic E-state index is 6.55. The van der Waals surface area contributed by atoms with Crippen LogP contribution >= 0.6 is 11.3 Å². The summed E-state index contributed by atoms with van der Waals surface area (Å²) in [6.45, 7) is 10.9. The van der Waals surface area contributed by atoms with Crippen molar-refractivity contribution >= 4 is 11.3 Å². The molecule has 18 heavy (non-hydrogen) atoms. The molecule has 1 aromatic rings. The smallest absolute Gasteiger partial charge is 0.0681 e. The molecule has 2 rings (SSSR count). The normalized spacial score (nSPS) is 27.3. The number of thiophene rings is 1. The number of hydrogen-bond donors (Lipinski definition) is 1. The van der Waals surface area contributed by atoms with E-state index in [-0.39, 0.29) is 17.2 Å². The predicted octanol–water partition coefficient (Wildman–Crippen LogP) is 3.90. The molecule has 2 unspecified atom stereocenters. The van der Waals surface area contributed by atoms with Crippen molar-refractivity contribution in [1.29, 1.82) is 0 Å². The quantitative estimate of drug-likeness (QED) is 0.901. The minimum Gasteiger partial charge on any atom is -0.369 e. The maximum absolute atomic E-state index is 6.55. The van der Waals surface area contributed by atoms with Crippen LogP contribution < -0.4 is 5.73 Å². The van der Waals surface area contributed by atoms with Crippen molar-refractivity contribution in [3.63, 3.8) is 0 Å². The van der Waals surface area contributed by atoms with Crippen LogP contribution in [0.25, 0.3) is 0 Å². The lowest BCUT2D eigenvalue weighted by atomic mass is 9.81. The van der Waals surface area contributed by atoms with Crippen molar-refractivity contribution in [3.05, 3.63) is 21.9 Å². The van der Waals surface area contributed by atoms with Crippen molar-refractivity contribution in [2.45, 2.75) is 64.7 Å². The zero-order chi connectivity index (χ0) is 13.6. The fourth-order valence-electron chi connectivity index (χ4n) is 3.28. The van der Waals surface area contributed by atoms with Gasteiger partial charge in [-0.15, -0.1) is 11.3 Å². The number of rotatable bonds is 3. The molecular weight excluding hydrogens is 242 g/mol. The van der Waals surface area contributed by atoms with Gasteiger partial charge in [-0.25, -0.2) is 0 Å². The average molecular weight is 267 g/mol. The van der Waals surface area contributed by atoms with Gasteiger partial charge in [-0.3, -0.25) is 0 Å². The lowest BCUT2D eigenvalue weighted by Crippen LogP contribution is -2.35. The second-order valence-corrected chi connectivity index (χ2v) is 7.41. The molecule has 102 valence electrons. The van der Waals surface area contributed by atoms with Crippen LogP contribution in [0.15, 0.2) is 11.4 Å². The molecule has 2 nitrogen and oxygen atoms in total. The molecule has 3 heteroatoms. The summed E-state index contributed by atoms with van der Waals surface area (Å²) in [4.78, 5) is 1.34. The Morgan fingerprint density at radius 2 is 2.11 bits per heavy atom. The summed E-state index contributed by atoms with van der Waals surface area (Å²) in [6, 6.07) is 2.30. The van der Waals surface area contributed by atoms with E-state index in [4.69, 9.17) is 10.5 Å². The highest BCUT2D eigenvalue weighted by atomic mass is 32.1. The van der Waals surface area contributed by atoms with E-state index in [2.05, 4.69) is 46.1 Å². The molecule has 0 amide bonds. The Kier molecular flexibility index (Phi) is 3.60. The molecule has 0 spiro atoms. The van der Waals surface area contributed by atoms with Crippen molar-refractivity contribution in [2.75, 3.05) is 0 Å². The van der Waals surface area contributed by atoms with Gasteiger partial charge in [-0.2, -0.15) is 0 Å². The van der Waals surface area contributed by atoms with Crippen molar-refractivity contribution in [2.24, 2.45) is 11.7 Å². The van der Waals surface area contributed by atoms with E-state index in [1.807, 2.05) is 0 Å². The fourth-order valence-corrected chi connectivity index (χ4v) is 4.34. The van der Waals surface area contributed by atoms with Crippen LogP contribution in [0.5, 0.6) is 0 Å². The van der Waals surface area contributed by atoms with Crippen LogP contribution in [-0.2, 0) is 11.2 Å². The monoisotopic (exact) mass is 267 g/mol. The van der Waals surface area contributed by atoms with Gasteiger partial charge in [0.1, 0.15) is 0 Å². The minimum atomic E-state index is -0.141. The van der Waals surface area contributed by atoms with Crippen LogP contribution in [0, 0.1) is 5.92 Å². The van der Waals surface area contributed by atoms with Gasteiger partial charge < -0.3 is 10.5 Å². The first-order valence-electron chi connectivity index (χ1n) is 6.79. The molecule has 2 heterocycles. The summed E-state index contributed by atoms with van der Waals surface area (Å²) in [7, 11) is 0. The Hall–Kier alpha value is -0.380. The molecule has 1 saturated heterocycles. The first-order valence-corrected chi connectivity index (χ1v) is 7.67. The van der Waals surface area contributed by atoms with Crippen molar-refractivity contribution in [1.82, 2.24) is 0 Å². The lowest BCUT2D eigenvalue weighted by Gasteiger charge is -2.31. The second kappa shape index (κ2) is 4.62. The zero-order valence-electron chi connectivity index (χ0n) is 12.1. The van der Waals surface area contributed by atoms with Gasteiger partial charge >= 0.3 is 0 Å². The molecule has 0 saturated carbocycles. The number of aryl methyl sites for hydroxylation is 1. The van der Waals surface area contributed by atoms with Gasteiger partial charge in [-0.1, -0.05) is 6.92 Å². The highest BCUT2D eigenvalue weighted by Crippen LogP contribution is 2.48. The lowest BCUT2D eigenvalue weighted by molar-refractivity contribution is -0.0766. The van der Waals surface area contributed by atoms with E-state index in [0.717, 1.165) is 12.8 Å². The molecule has 1 aliphatic rings. The van der Waals surface area contributed by atoms with Crippen LogP contribution in [0.1, 0.15) is 57.5 Å². The average Bonchev–Trinajstić information content (AvgIpc) is 2.78. The molecule has 0 aromatic carbocycles. The summed E-state index contributed by atoms with van der Waals surface area (Å²) < 4.78 is 6.17. The molecular formula is C15H25NOS. The van der Waals surface area contributed by atoms with E-state index >= 15 is 0 Å². The molecule has 2 N–H and O–H groups in total. The highest BCUT2D eigenvalue weighted by Gasteiger charge is 2.48. The first kappa shape index (κ1) is 14.0. The summed E-state index contributed by atoms with van der Waals surface area (Å²) in [5.74, 6) is 0.386. The van der Waals surface area contributed by atoms with Gasteiger partial charge in [0.15, 0.2) is 0 Å². The van der Waals surface area contributed by atoms with Crippen LogP contribution in [-0.4, -0.2) is 11.2 Å². The van der Waals surface area contributed by atoms with E-state index < -0.39 is 0 Å². The van der Waals surface area contributed by atoms with Gasteiger partial charge in [0.05, 0.1) is 11.2 Å². The Balaban J connectivity index is 2.27. The SMILES string of the molecule is CCc1ccsc1C(N)C1CC(C)(C)OC1(C)C. The summed E-state index contributed by atoms with van der Waals surface area (Å²) in [5.41, 5.74) is 7.74. The van der Waals surface area contributed by atoms with Crippen LogP contribution in [0.3, 0.4) is 0 Å².